The number of amides is 1. The Labute approximate surface area is 117 Å². The SMILES string of the molecule is CC(C)N(CCBr)C(=O)c1ccc(C(F)(F)F)cn1. The zero-order chi connectivity index (χ0) is 14.6. The molecule has 0 spiro atoms. The van der Waals surface area contributed by atoms with Gasteiger partial charge in [-0.3, -0.25) is 9.78 Å². The predicted octanol–water partition coefficient (Wildman–Crippen LogP) is 3.35. The summed E-state index contributed by atoms with van der Waals surface area (Å²) in [5.41, 5.74) is -0.844. The van der Waals surface area contributed by atoms with E-state index < -0.39 is 11.7 Å². The molecule has 7 heteroatoms. The number of halogens is 4. The zero-order valence-electron chi connectivity index (χ0n) is 10.5. The first-order valence-electron chi connectivity index (χ1n) is 5.67. The molecule has 0 saturated heterocycles. The quantitative estimate of drug-likeness (QED) is 0.789. The van der Waals surface area contributed by atoms with E-state index in [0.717, 1.165) is 12.1 Å². The summed E-state index contributed by atoms with van der Waals surface area (Å²) in [7, 11) is 0. The Morgan fingerprint density at radius 3 is 2.42 bits per heavy atom. The summed E-state index contributed by atoms with van der Waals surface area (Å²) in [5, 5.41) is 0.595. The van der Waals surface area contributed by atoms with Gasteiger partial charge in [0.05, 0.1) is 5.56 Å². The van der Waals surface area contributed by atoms with Crippen LogP contribution in [-0.2, 0) is 6.18 Å². The number of hydrogen-bond donors (Lipinski definition) is 0. The molecule has 1 rings (SSSR count). The number of hydrogen-bond acceptors (Lipinski definition) is 2. The van der Waals surface area contributed by atoms with Gasteiger partial charge in [0, 0.05) is 24.1 Å². The van der Waals surface area contributed by atoms with Crippen molar-refractivity contribution < 1.29 is 18.0 Å². The first kappa shape index (κ1) is 15.9. The summed E-state index contributed by atoms with van der Waals surface area (Å²) in [6.07, 6.45) is -3.76. The van der Waals surface area contributed by atoms with E-state index in [2.05, 4.69) is 20.9 Å². The smallest absolute Gasteiger partial charge is 0.334 e. The number of rotatable bonds is 4. The minimum absolute atomic E-state index is 0.0163. The molecule has 0 bridgehead atoms. The summed E-state index contributed by atoms with van der Waals surface area (Å²) in [5.74, 6) is -0.372. The van der Waals surface area contributed by atoms with Crippen LogP contribution in [-0.4, -0.2) is 33.7 Å². The molecule has 1 amide bonds. The molecule has 0 N–H and O–H groups in total. The number of carbonyl (C=O) groups is 1. The molecule has 0 radical (unpaired) electrons. The van der Waals surface area contributed by atoms with Crippen LogP contribution in [0, 0.1) is 0 Å². The van der Waals surface area contributed by atoms with Crippen LogP contribution in [0.4, 0.5) is 13.2 Å². The van der Waals surface area contributed by atoms with Gasteiger partial charge in [-0.15, -0.1) is 0 Å². The van der Waals surface area contributed by atoms with Gasteiger partial charge < -0.3 is 4.90 Å². The second-order valence-corrected chi connectivity index (χ2v) is 5.00. The number of alkyl halides is 4. The number of pyridine rings is 1. The highest BCUT2D eigenvalue weighted by Crippen LogP contribution is 2.28. The minimum Gasteiger partial charge on any atom is -0.334 e. The molecule has 1 aromatic heterocycles. The lowest BCUT2D eigenvalue weighted by atomic mass is 10.2. The van der Waals surface area contributed by atoms with Gasteiger partial charge in [0.1, 0.15) is 5.69 Å². The fourth-order valence-electron chi connectivity index (χ4n) is 1.52. The van der Waals surface area contributed by atoms with Gasteiger partial charge in [-0.2, -0.15) is 13.2 Å². The Hall–Kier alpha value is -1.11. The topological polar surface area (TPSA) is 33.2 Å². The Bertz CT molecular complexity index is 432. The fourth-order valence-corrected chi connectivity index (χ4v) is 1.90. The summed E-state index contributed by atoms with van der Waals surface area (Å²) in [6.45, 7) is 4.15. The number of carbonyl (C=O) groups excluding carboxylic acids is 1. The van der Waals surface area contributed by atoms with Crippen LogP contribution < -0.4 is 0 Å². The highest BCUT2D eigenvalue weighted by atomic mass is 79.9. The highest BCUT2D eigenvalue weighted by molar-refractivity contribution is 9.09. The van der Waals surface area contributed by atoms with Crippen molar-refractivity contribution in [2.24, 2.45) is 0 Å². The normalized spacial score (nSPS) is 11.7. The van der Waals surface area contributed by atoms with E-state index >= 15 is 0 Å². The molecule has 0 fully saturated rings. The minimum atomic E-state index is -4.44. The lowest BCUT2D eigenvalue weighted by molar-refractivity contribution is -0.137. The molecule has 0 aliphatic rings. The molecule has 106 valence electrons. The van der Waals surface area contributed by atoms with E-state index in [0.29, 0.717) is 18.1 Å². The molecule has 3 nitrogen and oxygen atoms in total. The average molecular weight is 339 g/mol. The lowest BCUT2D eigenvalue weighted by Crippen LogP contribution is -2.38. The third kappa shape index (κ3) is 4.19. The van der Waals surface area contributed by atoms with Gasteiger partial charge in [0.15, 0.2) is 0 Å². The lowest BCUT2D eigenvalue weighted by Gasteiger charge is -2.25. The first-order chi connectivity index (χ1) is 8.77. The van der Waals surface area contributed by atoms with Crippen LogP contribution in [0.2, 0.25) is 0 Å². The van der Waals surface area contributed by atoms with E-state index in [1.807, 2.05) is 13.8 Å². The van der Waals surface area contributed by atoms with Crippen LogP contribution >= 0.6 is 15.9 Å². The predicted molar refractivity (Wildman–Crippen MR) is 69.2 cm³/mol. The molecule has 0 aliphatic heterocycles. The molecule has 1 heterocycles. The van der Waals surface area contributed by atoms with Crippen molar-refractivity contribution in [3.8, 4) is 0 Å². The van der Waals surface area contributed by atoms with E-state index in [-0.39, 0.29) is 17.6 Å². The molecule has 0 saturated carbocycles. The van der Waals surface area contributed by atoms with E-state index in [9.17, 15) is 18.0 Å². The molecule has 1 aromatic rings. The summed E-state index contributed by atoms with van der Waals surface area (Å²) >= 11 is 3.23. The zero-order valence-corrected chi connectivity index (χ0v) is 12.1. The van der Waals surface area contributed by atoms with Gasteiger partial charge in [-0.1, -0.05) is 15.9 Å². The molecule has 0 unspecified atom stereocenters. The van der Waals surface area contributed by atoms with E-state index in [1.165, 1.54) is 0 Å². The molecule has 19 heavy (non-hydrogen) atoms. The van der Waals surface area contributed by atoms with Crippen LogP contribution in [0.5, 0.6) is 0 Å². The van der Waals surface area contributed by atoms with Crippen LogP contribution in [0.15, 0.2) is 18.3 Å². The van der Waals surface area contributed by atoms with Crippen LogP contribution in [0.3, 0.4) is 0 Å². The second-order valence-electron chi connectivity index (χ2n) is 4.21. The maximum atomic E-state index is 12.4. The van der Waals surface area contributed by atoms with Crippen molar-refractivity contribution in [1.82, 2.24) is 9.88 Å². The van der Waals surface area contributed by atoms with Crippen molar-refractivity contribution in [3.05, 3.63) is 29.6 Å². The summed E-state index contributed by atoms with van der Waals surface area (Å²) in [6, 6.07) is 1.93. The van der Waals surface area contributed by atoms with Crippen molar-refractivity contribution in [2.45, 2.75) is 26.1 Å². The van der Waals surface area contributed by atoms with E-state index in [1.54, 1.807) is 4.90 Å². The Morgan fingerprint density at radius 1 is 1.42 bits per heavy atom. The van der Waals surface area contributed by atoms with Gasteiger partial charge in [-0.05, 0) is 26.0 Å². The molecular weight excluding hydrogens is 325 g/mol. The van der Waals surface area contributed by atoms with Gasteiger partial charge in [0.25, 0.3) is 5.91 Å². The maximum Gasteiger partial charge on any atom is 0.417 e. The molecule has 0 atom stereocenters. The Kier molecular flexibility index (Phi) is 5.34. The summed E-state index contributed by atoms with van der Waals surface area (Å²) in [4.78, 5) is 17.2. The number of aromatic nitrogens is 1. The summed E-state index contributed by atoms with van der Waals surface area (Å²) < 4.78 is 37.2. The molecule has 0 aromatic carbocycles. The monoisotopic (exact) mass is 338 g/mol. The Balaban J connectivity index is 2.94. The van der Waals surface area contributed by atoms with E-state index in [4.69, 9.17) is 0 Å². The third-order valence-corrected chi connectivity index (χ3v) is 2.87. The van der Waals surface area contributed by atoms with Crippen LogP contribution in [0.1, 0.15) is 29.9 Å². The second kappa shape index (κ2) is 6.36. The maximum absolute atomic E-state index is 12.4. The first-order valence-corrected chi connectivity index (χ1v) is 6.79. The third-order valence-electron chi connectivity index (χ3n) is 2.52. The highest BCUT2D eigenvalue weighted by Gasteiger charge is 2.31. The standard InChI is InChI=1S/C12H14BrF3N2O/c1-8(2)18(6-5-13)11(19)10-4-3-9(7-17-10)12(14,15)16/h3-4,7-8H,5-6H2,1-2H3. The molecular formula is C12H14BrF3N2O. The van der Waals surface area contributed by atoms with Crippen molar-refractivity contribution in [2.75, 3.05) is 11.9 Å². The van der Waals surface area contributed by atoms with Gasteiger partial charge in [-0.25, -0.2) is 0 Å². The van der Waals surface area contributed by atoms with Gasteiger partial charge >= 0.3 is 6.18 Å². The van der Waals surface area contributed by atoms with Crippen molar-refractivity contribution in [1.29, 1.82) is 0 Å². The van der Waals surface area contributed by atoms with Crippen molar-refractivity contribution in [3.63, 3.8) is 0 Å². The van der Waals surface area contributed by atoms with Crippen LogP contribution in [0.25, 0.3) is 0 Å². The van der Waals surface area contributed by atoms with Crippen molar-refractivity contribution >= 4 is 21.8 Å². The average Bonchev–Trinajstić information content (AvgIpc) is 2.34. The largest absolute Gasteiger partial charge is 0.417 e. The van der Waals surface area contributed by atoms with Gasteiger partial charge in [0.2, 0.25) is 0 Å². The fraction of sp³-hybridized carbons (Fsp3) is 0.500. The number of nitrogens with zero attached hydrogens (tertiary/aromatic N) is 2. The Morgan fingerprint density at radius 2 is 2.05 bits per heavy atom. The molecule has 0 aliphatic carbocycles.